The van der Waals surface area contributed by atoms with Crippen LogP contribution in [0.1, 0.15) is 27.0 Å². The zero-order valence-electron chi connectivity index (χ0n) is 17.6. The van der Waals surface area contributed by atoms with Gasteiger partial charge in [0.1, 0.15) is 6.61 Å². The molecule has 162 valence electrons. The third-order valence-corrected chi connectivity index (χ3v) is 5.24. The van der Waals surface area contributed by atoms with E-state index in [0.717, 1.165) is 5.56 Å². The standard InChI is InChI=1S/C24H21N2O6/c1-30-21-8-7-18-19(24(21)31-2)15-32-22(23(18)27)13-16-9-11-25(12-10-16)14-17-5-3-4-6-20(17)26(28)29/h3-13H,14-15H2,1-2H3/q+1. The zero-order chi connectivity index (χ0) is 22.7. The third kappa shape index (κ3) is 4.02. The predicted octanol–water partition coefficient (Wildman–Crippen LogP) is 3.70. The molecule has 0 saturated heterocycles. The summed E-state index contributed by atoms with van der Waals surface area (Å²) in [6.45, 7) is 0.552. The van der Waals surface area contributed by atoms with Crippen molar-refractivity contribution >= 4 is 17.5 Å². The molecule has 3 aromatic rings. The minimum Gasteiger partial charge on any atom is -0.493 e. The summed E-state index contributed by atoms with van der Waals surface area (Å²) >= 11 is 0. The summed E-state index contributed by atoms with van der Waals surface area (Å²) in [4.78, 5) is 23.8. The van der Waals surface area contributed by atoms with Gasteiger partial charge in [0.05, 0.1) is 24.7 Å². The molecule has 8 nitrogen and oxygen atoms in total. The largest absolute Gasteiger partial charge is 0.493 e. The van der Waals surface area contributed by atoms with Crippen LogP contribution in [-0.2, 0) is 17.9 Å². The number of allylic oxidation sites excluding steroid dienone is 1. The molecule has 0 aliphatic carbocycles. The van der Waals surface area contributed by atoms with E-state index in [-0.39, 0.29) is 28.8 Å². The number of aromatic nitrogens is 1. The van der Waals surface area contributed by atoms with Gasteiger partial charge in [0.25, 0.3) is 5.69 Å². The highest BCUT2D eigenvalue weighted by Gasteiger charge is 2.28. The number of ether oxygens (including phenoxy) is 3. The fourth-order valence-corrected chi connectivity index (χ4v) is 3.64. The summed E-state index contributed by atoms with van der Waals surface area (Å²) in [5.41, 5.74) is 2.64. The molecule has 0 spiro atoms. The summed E-state index contributed by atoms with van der Waals surface area (Å²) in [5, 5.41) is 11.2. The van der Waals surface area contributed by atoms with E-state index in [1.165, 1.54) is 13.2 Å². The second kappa shape index (κ2) is 8.89. The molecule has 32 heavy (non-hydrogen) atoms. The third-order valence-electron chi connectivity index (χ3n) is 5.24. The number of carbonyl (C=O) groups is 1. The van der Waals surface area contributed by atoms with Gasteiger partial charge in [0.2, 0.25) is 5.78 Å². The van der Waals surface area contributed by atoms with Gasteiger partial charge in [-0.2, -0.15) is 0 Å². The highest BCUT2D eigenvalue weighted by molar-refractivity contribution is 6.12. The van der Waals surface area contributed by atoms with E-state index in [1.807, 2.05) is 16.7 Å². The Bertz CT molecular complexity index is 1220. The first-order valence-electron chi connectivity index (χ1n) is 9.86. The molecule has 2 heterocycles. The highest BCUT2D eigenvalue weighted by Crippen LogP contribution is 2.38. The number of benzene rings is 2. The molecule has 0 N–H and O–H groups in total. The van der Waals surface area contributed by atoms with E-state index in [1.54, 1.807) is 55.9 Å². The summed E-state index contributed by atoms with van der Waals surface area (Å²) in [7, 11) is 3.07. The van der Waals surface area contributed by atoms with E-state index in [2.05, 4.69) is 0 Å². The minimum absolute atomic E-state index is 0.0816. The van der Waals surface area contributed by atoms with Crippen molar-refractivity contribution in [2.75, 3.05) is 14.2 Å². The van der Waals surface area contributed by atoms with Crippen molar-refractivity contribution < 1.29 is 28.5 Å². The Balaban J connectivity index is 1.56. The molecule has 0 atom stereocenters. The van der Waals surface area contributed by atoms with E-state index in [0.29, 0.717) is 34.7 Å². The normalized spacial score (nSPS) is 13.9. The quantitative estimate of drug-likeness (QED) is 0.255. The number of nitro groups is 1. The maximum atomic E-state index is 12.9. The second-order valence-corrected chi connectivity index (χ2v) is 7.14. The van der Waals surface area contributed by atoms with E-state index in [9.17, 15) is 14.9 Å². The predicted molar refractivity (Wildman–Crippen MR) is 115 cm³/mol. The van der Waals surface area contributed by atoms with Crippen molar-refractivity contribution in [1.29, 1.82) is 0 Å². The topological polar surface area (TPSA) is 91.8 Å². The summed E-state index contributed by atoms with van der Waals surface area (Å²) < 4.78 is 18.2. The van der Waals surface area contributed by atoms with Crippen LogP contribution in [0, 0.1) is 10.1 Å². The number of fused-ring (bicyclic) bond motifs is 1. The Morgan fingerprint density at radius 3 is 2.53 bits per heavy atom. The van der Waals surface area contributed by atoms with Gasteiger partial charge in [-0.3, -0.25) is 14.9 Å². The van der Waals surface area contributed by atoms with Gasteiger partial charge in [0.15, 0.2) is 36.2 Å². The minimum atomic E-state index is -0.386. The lowest BCUT2D eigenvalue weighted by Crippen LogP contribution is -2.33. The summed E-state index contributed by atoms with van der Waals surface area (Å²) in [6, 6.07) is 13.7. The monoisotopic (exact) mass is 433 g/mol. The van der Waals surface area contributed by atoms with E-state index >= 15 is 0 Å². The number of rotatable bonds is 6. The molecule has 0 fully saturated rings. The number of nitrogens with zero attached hydrogens (tertiary/aromatic N) is 2. The Hall–Kier alpha value is -4.20. The van der Waals surface area contributed by atoms with Gasteiger partial charge < -0.3 is 14.2 Å². The molecular formula is C24H21N2O6+. The van der Waals surface area contributed by atoms with Crippen molar-refractivity contribution in [1.82, 2.24) is 0 Å². The molecule has 0 saturated carbocycles. The maximum absolute atomic E-state index is 12.9. The number of hydrogen-bond acceptors (Lipinski definition) is 6. The van der Waals surface area contributed by atoms with Crippen LogP contribution in [0.4, 0.5) is 5.69 Å². The van der Waals surface area contributed by atoms with Crippen molar-refractivity contribution in [3.05, 3.63) is 99.1 Å². The Kier molecular flexibility index (Phi) is 5.85. The maximum Gasteiger partial charge on any atom is 0.278 e. The van der Waals surface area contributed by atoms with Crippen LogP contribution in [0.15, 0.2) is 66.7 Å². The Morgan fingerprint density at radius 1 is 1.09 bits per heavy atom. The van der Waals surface area contributed by atoms with Crippen molar-refractivity contribution in [3.8, 4) is 11.5 Å². The molecule has 4 rings (SSSR count). The summed E-state index contributed by atoms with van der Waals surface area (Å²) in [6.07, 6.45) is 5.29. The fourth-order valence-electron chi connectivity index (χ4n) is 3.64. The number of nitro benzene ring substituents is 1. The molecule has 1 aliphatic heterocycles. The van der Waals surface area contributed by atoms with Gasteiger partial charge in [-0.15, -0.1) is 0 Å². The molecule has 1 aromatic heterocycles. The number of hydrogen-bond donors (Lipinski definition) is 0. The van der Waals surface area contributed by atoms with Crippen molar-refractivity contribution in [2.45, 2.75) is 13.2 Å². The van der Waals surface area contributed by atoms with Crippen molar-refractivity contribution in [3.63, 3.8) is 0 Å². The van der Waals surface area contributed by atoms with Gasteiger partial charge in [0, 0.05) is 29.3 Å². The van der Waals surface area contributed by atoms with Crippen LogP contribution in [0.25, 0.3) is 6.08 Å². The first kappa shape index (κ1) is 21.0. The smallest absolute Gasteiger partial charge is 0.278 e. The lowest BCUT2D eigenvalue weighted by Gasteiger charge is -2.22. The molecule has 8 heteroatoms. The number of methoxy groups -OCH3 is 2. The van der Waals surface area contributed by atoms with Crippen LogP contribution in [0.5, 0.6) is 11.5 Å². The van der Waals surface area contributed by atoms with E-state index < -0.39 is 0 Å². The molecule has 0 bridgehead atoms. The Labute approximate surface area is 184 Å². The number of ketones is 1. The van der Waals surface area contributed by atoms with Crippen LogP contribution in [0.3, 0.4) is 0 Å². The average molecular weight is 433 g/mol. The van der Waals surface area contributed by atoms with Gasteiger partial charge >= 0.3 is 0 Å². The van der Waals surface area contributed by atoms with Gasteiger partial charge in [-0.05, 0) is 29.8 Å². The fraction of sp³-hybridized carbons (Fsp3) is 0.167. The lowest BCUT2D eigenvalue weighted by atomic mass is 9.98. The molecular weight excluding hydrogens is 412 g/mol. The molecule has 1 aliphatic rings. The number of pyridine rings is 1. The SMILES string of the molecule is COc1ccc2c(c1OC)COC(=Cc1cc[n+](Cc3ccccc3[N+](=O)[O-])cc1)C2=O. The number of Topliss-reactive ketones (excluding diaryl/α,β-unsaturated/α-hetero) is 1. The van der Waals surface area contributed by atoms with Gasteiger partial charge in [-0.1, -0.05) is 12.1 Å². The molecule has 0 radical (unpaired) electrons. The first-order valence-corrected chi connectivity index (χ1v) is 9.86. The highest BCUT2D eigenvalue weighted by atomic mass is 16.6. The van der Waals surface area contributed by atoms with Crippen LogP contribution in [0.2, 0.25) is 0 Å². The Morgan fingerprint density at radius 2 is 1.84 bits per heavy atom. The zero-order valence-corrected chi connectivity index (χ0v) is 17.6. The molecule has 0 amide bonds. The average Bonchev–Trinajstić information content (AvgIpc) is 2.81. The summed E-state index contributed by atoms with van der Waals surface area (Å²) in [5.74, 6) is 1.04. The van der Waals surface area contributed by atoms with Gasteiger partial charge in [-0.25, -0.2) is 4.57 Å². The second-order valence-electron chi connectivity index (χ2n) is 7.14. The van der Waals surface area contributed by atoms with Crippen molar-refractivity contribution in [2.24, 2.45) is 0 Å². The van der Waals surface area contributed by atoms with Crippen LogP contribution >= 0.6 is 0 Å². The first-order chi connectivity index (χ1) is 15.5. The van der Waals surface area contributed by atoms with Crippen LogP contribution in [-0.4, -0.2) is 24.9 Å². The lowest BCUT2D eigenvalue weighted by molar-refractivity contribution is -0.688. The number of carbonyl (C=O) groups excluding carboxylic acids is 1. The van der Waals surface area contributed by atoms with Crippen LogP contribution < -0.4 is 14.0 Å². The number of para-hydroxylation sites is 1. The van der Waals surface area contributed by atoms with E-state index in [4.69, 9.17) is 14.2 Å². The molecule has 0 unspecified atom stereocenters. The molecule has 2 aromatic carbocycles.